The van der Waals surface area contributed by atoms with Crippen molar-refractivity contribution in [1.82, 2.24) is 5.32 Å². The number of aryl methyl sites for hydroxylation is 1. The molecule has 0 aliphatic carbocycles. The maximum Gasteiger partial charge on any atom is 0.221 e. The van der Waals surface area contributed by atoms with Gasteiger partial charge in [0.15, 0.2) is 0 Å². The fraction of sp³-hybridized carbons (Fsp3) is 0.467. The first kappa shape index (κ1) is 14.9. The number of nitriles is 1. The average molecular weight is 292 g/mol. The van der Waals surface area contributed by atoms with E-state index in [4.69, 9.17) is 0 Å². The SMILES string of the molecule is N#CC1(NC(=O)CCc2ccc(F)cc2)CCSCC1. The number of nitrogens with zero attached hydrogens (tertiary/aromatic N) is 1. The highest BCUT2D eigenvalue weighted by Gasteiger charge is 2.33. The summed E-state index contributed by atoms with van der Waals surface area (Å²) in [5, 5.41) is 12.2. The number of amides is 1. The van der Waals surface area contributed by atoms with Gasteiger partial charge in [0.25, 0.3) is 0 Å². The minimum absolute atomic E-state index is 0.109. The molecule has 0 saturated carbocycles. The fourth-order valence-electron chi connectivity index (χ4n) is 2.22. The highest BCUT2D eigenvalue weighted by Crippen LogP contribution is 2.26. The molecule has 1 fully saturated rings. The van der Waals surface area contributed by atoms with Gasteiger partial charge in [0.05, 0.1) is 6.07 Å². The van der Waals surface area contributed by atoms with E-state index in [9.17, 15) is 14.4 Å². The monoisotopic (exact) mass is 292 g/mol. The molecule has 2 rings (SSSR count). The smallest absolute Gasteiger partial charge is 0.221 e. The van der Waals surface area contributed by atoms with Crippen LogP contribution in [0.4, 0.5) is 4.39 Å². The molecule has 0 radical (unpaired) electrons. The van der Waals surface area contributed by atoms with Gasteiger partial charge in [0.1, 0.15) is 11.4 Å². The summed E-state index contributed by atoms with van der Waals surface area (Å²) in [5.41, 5.74) is 0.234. The molecule has 0 unspecified atom stereocenters. The van der Waals surface area contributed by atoms with Gasteiger partial charge in [-0.05, 0) is 48.5 Å². The number of benzene rings is 1. The lowest BCUT2D eigenvalue weighted by Crippen LogP contribution is -2.49. The second-order valence-electron chi connectivity index (χ2n) is 4.98. The Hall–Kier alpha value is -1.54. The van der Waals surface area contributed by atoms with Crippen LogP contribution in [0.25, 0.3) is 0 Å². The van der Waals surface area contributed by atoms with Crippen molar-refractivity contribution in [3.63, 3.8) is 0 Å². The van der Waals surface area contributed by atoms with Crippen LogP contribution in [0.5, 0.6) is 0 Å². The molecule has 3 nitrogen and oxygen atoms in total. The number of nitrogens with one attached hydrogen (secondary N) is 1. The highest BCUT2D eigenvalue weighted by molar-refractivity contribution is 7.99. The van der Waals surface area contributed by atoms with E-state index in [1.54, 1.807) is 12.1 Å². The Morgan fingerprint density at radius 2 is 2.00 bits per heavy atom. The molecule has 1 amide bonds. The Morgan fingerprint density at radius 3 is 2.60 bits per heavy atom. The molecule has 1 N–H and O–H groups in total. The molecule has 106 valence electrons. The molecule has 1 aliphatic rings. The molecule has 0 atom stereocenters. The minimum atomic E-state index is -0.689. The Bertz CT molecular complexity index is 504. The third-order valence-electron chi connectivity index (χ3n) is 3.49. The largest absolute Gasteiger partial charge is 0.338 e. The Kier molecular flexibility index (Phi) is 5.02. The van der Waals surface area contributed by atoms with E-state index >= 15 is 0 Å². The molecule has 1 heterocycles. The van der Waals surface area contributed by atoms with Gasteiger partial charge < -0.3 is 5.32 Å². The van der Waals surface area contributed by atoms with Crippen LogP contribution in [0.2, 0.25) is 0 Å². The predicted octanol–water partition coefficient (Wildman–Crippen LogP) is 2.66. The van der Waals surface area contributed by atoms with Crippen LogP contribution in [0.1, 0.15) is 24.8 Å². The van der Waals surface area contributed by atoms with Gasteiger partial charge in [0.2, 0.25) is 5.91 Å². The highest BCUT2D eigenvalue weighted by atomic mass is 32.2. The second-order valence-corrected chi connectivity index (χ2v) is 6.21. The number of halogens is 1. The zero-order valence-electron chi connectivity index (χ0n) is 11.2. The molecular weight excluding hydrogens is 275 g/mol. The van der Waals surface area contributed by atoms with Gasteiger partial charge >= 0.3 is 0 Å². The number of hydrogen-bond acceptors (Lipinski definition) is 3. The van der Waals surface area contributed by atoms with Crippen LogP contribution >= 0.6 is 11.8 Å². The molecule has 5 heteroatoms. The molecule has 0 spiro atoms. The first-order valence-corrected chi connectivity index (χ1v) is 7.83. The van der Waals surface area contributed by atoms with Crippen LogP contribution in [0.3, 0.4) is 0 Å². The van der Waals surface area contributed by atoms with E-state index in [0.29, 0.717) is 25.7 Å². The van der Waals surface area contributed by atoms with Crippen LogP contribution < -0.4 is 5.32 Å². The first-order chi connectivity index (χ1) is 9.63. The summed E-state index contributed by atoms with van der Waals surface area (Å²) in [7, 11) is 0. The van der Waals surface area contributed by atoms with E-state index < -0.39 is 5.54 Å². The maximum atomic E-state index is 12.8. The van der Waals surface area contributed by atoms with Crippen molar-refractivity contribution >= 4 is 17.7 Å². The van der Waals surface area contributed by atoms with Crippen LogP contribution in [0, 0.1) is 17.1 Å². The Labute approximate surface area is 122 Å². The van der Waals surface area contributed by atoms with Crippen molar-refractivity contribution in [2.24, 2.45) is 0 Å². The standard InChI is InChI=1S/C15H17FN2OS/c16-13-4-1-12(2-5-13)3-6-14(19)18-15(11-17)7-9-20-10-8-15/h1-2,4-5H,3,6-10H2,(H,18,19). The number of hydrogen-bond donors (Lipinski definition) is 1. The molecule has 20 heavy (non-hydrogen) atoms. The van der Waals surface area contributed by atoms with E-state index in [1.807, 2.05) is 11.8 Å². The summed E-state index contributed by atoms with van der Waals surface area (Å²) in [4.78, 5) is 12.0. The third-order valence-corrected chi connectivity index (χ3v) is 4.48. The van der Waals surface area contributed by atoms with Gasteiger partial charge in [-0.3, -0.25) is 4.79 Å². The van der Waals surface area contributed by atoms with Crippen molar-refractivity contribution in [3.05, 3.63) is 35.6 Å². The zero-order valence-corrected chi connectivity index (χ0v) is 12.0. The van der Waals surface area contributed by atoms with Gasteiger partial charge in [-0.25, -0.2) is 4.39 Å². The lowest BCUT2D eigenvalue weighted by molar-refractivity contribution is -0.122. The van der Waals surface area contributed by atoms with E-state index in [2.05, 4.69) is 11.4 Å². The van der Waals surface area contributed by atoms with Crippen molar-refractivity contribution in [1.29, 1.82) is 5.26 Å². The van der Waals surface area contributed by atoms with Crippen molar-refractivity contribution in [2.45, 2.75) is 31.2 Å². The molecule has 1 saturated heterocycles. The summed E-state index contributed by atoms with van der Waals surface area (Å²) in [6, 6.07) is 8.40. The lowest BCUT2D eigenvalue weighted by atomic mass is 9.93. The summed E-state index contributed by atoms with van der Waals surface area (Å²) < 4.78 is 12.8. The van der Waals surface area contributed by atoms with E-state index in [1.165, 1.54) is 12.1 Å². The molecule has 0 bridgehead atoms. The average Bonchev–Trinajstić information content (AvgIpc) is 2.47. The third kappa shape index (κ3) is 3.97. The molecular formula is C15H17FN2OS. The number of carbonyl (C=O) groups is 1. The molecule has 1 aromatic carbocycles. The Morgan fingerprint density at radius 1 is 1.35 bits per heavy atom. The number of thioether (sulfide) groups is 1. The summed E-state index contributed by atoms with van der Waals surface area (Å²) in [6.07, 6.45) is 2.29. The normalized spacial score (nSPS) is 17.2. The van der Waals surface area contributed by atoms with Crippen molar-refractivity contribution in [3.8, 4) is 6.07 Å². The summed E-state index contributed by atoms with van der Waals surface area (Å²) in [5.74, 6) is 1.43. The van der Waals surface area contributed by atoms with Gasteiger partial charge in [0, 0.05) is 6.42 Å². The minimum Gasteiger partial charge on any atom is -0.338 e. The van der Waals surface area contributed by atoms with Crippen LogP contribution in [-0.4, -0.2) is 23.0 Å². The van der Waals surface area contributed by atoms with Gasteiger partial charge in [-0.2, -0.15) is 17.0 Å². The van der Waals surface area contributed by atoms with Gasteiger partial charge in [-0.1, -0.05) is 12.1 Å². The number of carbonyl (C=O) groups excluding carboxylic acids is 1. The topological polar surface area (TPSA) is 52.9 Å². The fourth-order valence-corrected chi connectivity index (χ4v) is 3.41. The van der Waals surface area contributed by atoms with Crippen LogP contribution in [-0.2, 0) is 11.2 Å². The second kappa shape index (κ2) is 6.76. The summed E-state index contributed by atoms with van der Waals surface area (Å²) in [6.45, 7) is 0. The quantitative estimate of drug-likeness (QED) is 0.928. The van der Waals surface area contributed by atoms with E-state index in [0.717, 1.165) is 17.1 Å². The molecule has 1 aliphatic heterocycles. The maximum absolute atomic E-state index is 12.8. The van der Waals surface area contributed by atoms with Crippen LogP contribution in [0.15, 0.2) is 24.3 Å². The summed E-state index contributed by atoms with van der Waals surface area (Å²) >= 11 is 1.81. The van der Waals surface area contributed by atoms with Gasteiger partial charge in [-0.15, -0.1) is 0 Å². The zero-order chi connectivity index (χ0) is 14.4. The Balaban J connectivity index is 1.85. The lowest BCUT2D eigenvalue weighted by Gasteiger charge is -2.31. The van der Waals surface area contributed by atoms with E-state index in [-0.39, 0.29) is 11.7 Å². The van der Waals surface area contributed by atoms with Crippen molar-refractivity contribution < 1.29 is 9.18 Å². The molecule has 1 aromatic rings. The first-order valence-electron chi connectivity index (χ1n) is 6.68. The molecule has 0 aromatic heterocycles. The predicted molar refractivity (Wildman–Crippen MR) is 77.8 cm³/mol. The van der Waals surface area contributed by atoms with Crippen molar-refractivity contribution in [2.75, 3.05) is 11.5 Å². The number of rotatable bonds is 4.